The highest BCUT2D eigenvalue weighted by Gasteiger charge is 2.49. The standard InChI is InChI=1S/C18H21NO2/c1-5-13-7-14(11-19)9-15(8-13)18(21)12(2)6-16(20)10-17(18,3)4/h6-9,21H,5,10H2,1-4H3. The van der Waals surface area contributed by atoms with Crippen molar-refractivity contribution in [3.8, 4) is 6.07 Å². The average molecular weight is 283 g/mol. The summed E-state index contributed by atoms with van der Waals surface area (Å²) in [5.74, 6) is 0.0364. The number of benzene rings is 1. The smallest absolute Gasteiger partial charge is 0.156 e. The van der Waals surface area contributed by atoms with E-state index >= 15 is 0 Å². The van der Waals surface area contributed by atoms with E-state index in [0.717, 1.165) is 12.0 Å². The third kappa shape index (κ3) is 2.41. The molecule has 1 atom stereocenters. The lowest BCUT2D eigenvalue weighted by Crippen LogP contribution is -2.47. The van der Waals surface area contributed by atoms with Gasteiger partial charge < -0.3 is 5.11 Å². The third-order valence-corrected chi connectivity index (χ3v) is 4.49. The van der Waals surface area contributed by atoms with E-state index in [4.69, 9.17) is 0 Å². The molecular formula is C18H21NO2. The number of nitrogens with zero attached hydrogens (tertiary/aromatic N) is 1. The zero-order valence-electron chi connectivity index (χ0n) is 13.0. The maximum absolute atomic E-state index is 11.8. The van der Waals surface area contributed by atoms with Gasteiger partial charge in [0.05, 0.1) is 11.6 Å². The summed E-state index contributed by atoms with van der Waals surface area (Å²) in [4.78, 5) is 11.8. The van der Waals surface area contributed by atoms with Gasteiger partial charge in [0.2, 0.25) is 0 Å². The molecule has 1 aliphatic rings. The lowest BCUT2D eigenvalue weighted by atomic mass is 9.61. The average Bonchev–Trinajstić information content (AvgIpc) is 2.43. The van der Waals surface area contributed by atoms with Crippen LogP contribution in [0, 0.1) is 16.7 Å². The summed E-state index contributed by atoms with van der Waals surface area (Å²) in [7, 11) is 0. The number of rotatable bonds is 2. The van der Waals surface area contributed by atoms with Gasteiger partial charge >= 0.3 is 0 Å². The first-order chi connectivity index (χ1) is 9.74. The fourth-order valence-electron chi connectivity index (χ4n) is 3.28. The van der Waals surface area contributed by atoms with E-state index in [1.165, 1.54) is 6.08 Å². The van der Waals surface area contributed by atoms with Crippen molar-refractivity contribution in [3.05, 3.63) is 46.5 Å². The van der Waals surface area contributed by atoms with Crippen LogP contribution in [0.15, 0.2) is 29.8 Å². The minimum atomic E-state index is -1.22. The molecule has 0 amide bonds. The van der Waals surface area contributed by atoms with Crippen molar-refractivity contribution in [2.24, 2.45) is 5.41 Å². The quantitative estimate of drug-likeness (QED) is 0.906. The minimum Gasteiger partial charge on any atom is -0.380 e. The molecule has 3 nitrogen and oxygen atoms in total. The Labute approximate surface area is 125 Å². The summed E-state index contributed by atoms with van der Waals surface area (Å²) in [6.45, 7) is 7.59. The van der Waals surface area contributed by atoms with Gasteiger partial charge in [-0.3, -0.25) is 4.79 Å². The molecule has 1 unspecified atom stereocenters. The molecule has 1 aromatic rings. The Bertz CT molecular complexity index is 664. The van der Waals surface area contributed by atoms with Crippen LogP contribution in [-0.2, 0) is 16.8 Å². The molecule has 2 rings (SSSR count). The van der Waals surface area contributed by atoms with Crippen LogP contribution in [0.1, 0.15) is 50.8 Å². The van der Waals surface area contributed by atoms with Gasteiger partial charge in [0, 0.05) is 11.8 Å². The van der Waals surface area contributed by atoms with E-state index in [1.54, 1.807) is 13.0 Å². The molecule has 1 aromatic carbocycles. The predicted octanol–water partition coefficient (Wildman–Crippen LogP) is 3.25. The van der Waals surface area contributed by atoms with Gasteiger partial charge in [-0.05, 0) is 48.3 Å². The Balaban J connectivity index is 2.71. The van der Waals surface area contributed by atoms with Crippen LogP contribution >= 0.6 is 0 Å². The highest BCUT2D eigenvalue weighted by molar-refractivity contribution is 5.92. The summed E-state index contributed by atoms with van der Waals surface area (Å²) < 4.78 is 0. The molecular weight excluding hydrogens is 262 g/mol. The molecule has 3 heteroatoms. The zero-order valence-corrected chi connectivity index (χ0v) is 13.0. The van der Waals surface area contributed by atoms with Gasteiger partial charge in [-0.2, -0.15) is 5.26 Å². The lowest BCUT2D eigenvalue weighted by Gasteiger charge is -2.46. The van der Waals surface area contributed by atoms with Crippen LogP contribution in [0.3, 0.4) is 0 Å². The van der Waals surface area contributed by atoms with Crippen LogP contribution < -0.4 is 0 Å². The Morgan fingerprint density at radius 1 is 1.33 bits per heavy atom. The molecule has 0 aliphatic heterocycles. The first-order valence-electron chi connectivity index (χ1n) is 7.23. The largest absolute Gasteiger partial charge is 0.380 e. The molecule has 0 saturated heterocycles. The molecule has 0 bridgehead atoms. The van der Waals surface area contributed by atoms with Crippen LogP contribution in [0.25, 0.3) is 0 Å². The maximum Gasteiger partial charge on any atom is 0.156 e. The Hall–Kier alpha value is -1.92. The second-order valence-corrected chi connectivity index (χ2v) is 6.45. The zero-order chi connectivity index (χ0) is 15.8. The molecule has 1 N–H and O–H groups in total. The summed E-state index contributed by atoms with van der Waals surface area (Å²) in [5.41, 5.74) is 1.06. The second kappa shape index (κ2) is 5.13. The molecule has 0 radical (unpaired) electrons. The Kier molecular flexibility index (Phi) is 3.78. The van der Waals surface area contributed by atoms with Gasteiger partial charge in [0.25, 0.3) is 0 Å². The van der Waals surface area contributed by atoms with E-state index in [-0.39, 0.29) is 5.78 Å². The van der Waals surface area contributed by atoms with Crippen LogP contribution in [0.4, 0.5) is 0 Å². The second-order valence-electron chi connectivity index (χ2n) is 6.45. The number of allylic oxidation sites excluding steroid dienone is 1. The van der Waals surface area contributed by atoms with Gasteiger partial charge in [0.15, 0.2) is 5.78 Å². The van der Waals surface area contributed by atoms with E-state index in [2.05, 4.69) is 6.07 Å². The summed E-state index contributed by atoms with van der Waals surface area (Å²) in [5, 5.41) is 20.6. The van der Waals surface area contributed by atoms with Crippen molar-refractivity contribution in [1.82, 2.24) is 0 Å². The minimum absolute atomic E-state index is 0.0364. The van der Waals surface area contributed by atoms with Crippen molar-refractivity contribution in [2.45, 2.75) is 46.1 Å². The number of aryl methyl sites for hydroxylation is 1. The number of hydrogen-bond donors (Lipinski definition) is 1. The van der Waals surface area contributed by atoms with E-state index in [0.29, 0.717) is 23.1 Å². The van der Waals surface area contributed by atoms with E-state index in [9.17, 15) is 15.2 Å². The fraction of sp³-hybridized carbons (Fsp3) is 0.444. The molecule has 0 fully saturated rings. The molecule has 0 spiro atoms. The number of aliphatic hydroxyl groups is 1. The van der Waals surface area contributed by atoms with Crippen molar-refractivity contribution in [1.29, 1.82) is 5.26 Å². The molecule has 21 heavy (non-hydrogen) atoms. The highest BCUT2D eigenvalue weighted by atomic mass is 16.3. The fourth-order valence-corrected chi connectivity index (χ4v) is 3.28. The van der Waals surface area contributed by atoms with Gasteiger partial charge in [-0.25, -0.2) is 0 Å². The predicted molar refractivity (Wildman–Crippen MR) is 81.6 cm³/mol. The van der Waals surface area contributed by atoms with Crippen LogP contribution in [-0.4, -0.2) is 10.9 Å². The number of nitriles is 1. The Morgan fingerprint density at radius 3 is 2.52 bits per heavy atom. The maximum atomic E-state index is 11.8. The molecule has 110 valence electrons. The van der Waals surface area contributed by atoms with E-state index in [1.807, 2.05) is 32.9 Å². The monoisotopic (exact) mass is 283 g/mol. The van der Waals surface area contributed by atoms with Crippen LogP contribution in [0.5, 0.6) is 0 Å². The highest BCUT2D eigenvalue weighted by Crippen LogP contribution is 2.50. The molecule has 0 saturated carbocycles. The normalized spacial score (nSPS) is 24.4. The third-order valence-electron chi connectivity index (χ3n) is 4.49. The molecule has 0 aromatic heterocycles. The molecule has 0 heterocycles. The topological polar surface area (TPSA) is 61.1 Å². The Morgan fingerprint density at radius 2 is 2.00 bits per heavy atom. The molecule has 1 aliphatic carbocycles. The number of carbonyl (C=O) groups excluding carboxylic acids is 1. The number of ketones is 1. The lowest BCUT2D eigenvalue weighted by molar-refractivity contribution is -0.124. The van der Waals surface area contributed by atoms with Gasteiger partial charge in [-0.1, -0.05) is 26.8 Å². The van der Waals surface area contributed by atoms with Gasteiger partial charge in [-0.15, -0.1) is 0 Å². The van der Waals surface area contributed by atoms with Crippen molar-refractivity contribution in [3.63, 3.8) is 0 Å². The van der Waals surface area contributed by atoms with Crippen molar-refractivity contribution in [2.75, 3.05) is 0 Å². The first-order valence-corrected chi connectivity index (χ1v) is 7.23. The number of hydrogen-bond acceptors (Lipinski definition) is 3. The van der Waals surface area contributed by atoms with E-state index < -0.39 is 11.0 Å². The van der Waals surface area contributed by atoms with Gasteiger partial charge in [0.1, 0.15) is 5.60 Å². The van der Waals surface area contributed by atoms with Crippen molar-refractivity contribution < 1.29 is 9.90 Å². The van der Waals surface area contributed by atoms with Crippen molar-refractivity contribution >= 4 is 5.78 Å². The summed E-state index contributed by atoms with van der Waals surface area (Å²) >= 11 is 0. The van der Waals surface area contributed by atoms with Crippen LogP contribution in [0.2, 0.25) is 0 Å². The first kappa shape index (κ1) is 15.5. The SMILES string of the molecule is CCc1cc(C#N)cc(C2(O)C(C)=CC(=O)CC2(C)C)c1. The summed E-state index contributed by atoms with van der Waals surface area (Å²) in [6.07, 6.45) is 2.61. The summed E-state index contributed by atoms with van der Waals surface area (Å²) in [6, 6.07) is 7.66. The number of carbonyl (C=O) groups is 1.